The second-order valence-corrected chi connectivity index (χ2v) is 6.03. The lowest BCUT2D eigenvalue weighted by atomic mass is 9.74. The highest BCUT2D eigenvalue weighted by Crippen LogP contribution is 2.38. The summed E-state index contributed by atoms with van der Waals surface area (Å²) >= 11 is 0. The third-order valence-corrected chi connectivity index (χ3v) is 4.23. The third-order valence-electron chi connectivity index (χ3n) is 4.23. The highest BCUT2D eigenvalue weighted by atomic mass is 16.4. The summed E-state index contributed by atoms with van der Waals surface area (Å²) in [6, 6.07) is 0. The van der Waals surface area contributed by atoms with E-state index < -0.39 is 11.5 Å². The minimum Gasteiger partial charge on any atom is -0.480 e. The first-order chi connectivity index (χ1) is 8.25. The van der Waals surface area contributed by atoms with E-state index in [1.807, 2.05) is 13.8 Å². The Morgan fingerprint density at radius 3 is 2.11 bits per heavy atom. The lowest BCUT2D eigenvalue weighted by Gasteiger charge is -2.42. The third kappa shape index (κ3) is 2.68. The van der Waals surface area contributed by atoms with Crippen molar-refractivity contribution in [2.24, 2.45) is 5.41 Å². The zero-order valence-corrected chi connectivity index (χ0v) is 12.0. The molecule has 0 heterocycles. The van der Waals surface area contributed by atoms with E-state index in [4.69, 9.17) is 0 Å². The van der Waals surface area contributed by atoms with E-state index in [0.717, 1.165) is 25.7 Å². The minimum absolute atomic E-state index is 0.00269. The number of carbonyl (C=O) groups excluding carboxylic acids is 1. The summed E-state index contributed by atoms with van der Waals surface area (Å²) < 4.78 is 0. The number of carboxylic acid groups (broad SMARTS) is 1. The molecule has 0 aromatic heterocycles. The van der Waals surface area contributed by atoms with Crippen molar-refractivity contribution in [2.75, 3.05) is 6.54 Å². The predicted octanol–water partition coefficient (Wildman–Crippen LogP) is 2.67. The lowest BCUT2D eigenvalue weighted by Crippen LogP contribution is -2.57. The normalized spacial score (nSPS) is 19.3. The Morgan fingerprint density at radius 1 is 1.22 bits per heavy atom. The lowest BCUT2D eigenvalue weighted by molar-refractivity contribution is -0.162. The van der Waals surface area contributed by atoms with Crippen LogP contribution in [0, 0.1) is 5.41 Å². The molecule has 0 atom stereocenters. The molecule has 0 aliphatic heterocycles. The fourth-order valence-electron chi connectivity index (χ4n) is 2.78. The van der Waals surface area contributed by atoms with Crippen molar-refractivity contribution >= 4 is 11.9 Å². The molecule has 0 aromatic carbocycles. The summed E-state index contributed by atoms with van der Waals surface area (Å²) in [6.45, 7) is 7.46. The molecular weight excluding hydrogens is 230 g/mol. The van der Waals surface area contributed by atoms with Gasteiger partial charge in [0.05, 0.1) is 0 Å². The van der Waals surface area contributed by atoms with Gasteiger partial charge >= 0.3 is 5.97 Å². The van der Waals surface area contributed by atoms with E-state index in [9.17, 15) is 14.7 Å². The largest absolute Gasteiger partial charge is 0.480 e. The van der Waals surface area contributed by atoms with Crippen molar-refractivity contribution in [3.63, 3.8) is 0 Å². The second kappa shape index (κ2) is 5.29. The quantitative estimate of drug-likeness (QED) is 0.840. The van der Waals surface area contributed by atoms with Crippen LogP contribution in [0.2, 0.25) is 0 Å². The highest BCUT2D eigenvalue weighted by Gasteiger charge is 2.44. The van der Waals surface area contributed by atoms with Crippen LogP contribution in [-0.4, -0.2) is 34.0 Å². The molecule has 0 aromatic rings. The van der Waals surface area contributed by atoms with Gasteiger partial charge in [-0.1, -0.05) is 26.2 Å². The number of aliphatic carboxylic acids is 1. The van der Waals surface area contributed by atoms with E-state index in [1.54, 1.807) is 13.8 Å². The predicted molar refractivity (Wildman–Crippen MR) is 70.3 cm³/mol. The zero-order valence-electron chi connectivity index (χ0n) is 12.0. The standard InChI is InChI=1S/C14H25NO3/c1-5-15(13(2,3)12(17)18)11(16)14(4)9-7-6-8-10-14/h5-10H2,1-4H3,(H,17,18). The first kappa shape index (κ1) is 15.0. The van der Waals surface area contributed by atoms with Gasteiger partial charge in [0.25, 0.3) is 0 Å². The van der Waals surface area contributed by atoms with Gasteiger partial charge in [0.2, 0.25) is 5.91 Å². The Bertz CT molecular complexity index is 330. The van der Waals surface area contributed by atoms with E-state index in [1.165, 1.54) is 11.3 Å². The number of hydrogen-bond acceptors (Lipinski definition) is 2. The molecule has 0 unspecified atom stereocenters. The monoisotopic (exact) mass is 255 g/mol. The van der Waals surface area contributed by atoms with Crippen molar-refractivity contribution in [1.82, 2.24) is 4.90 Å². The molecule has 1 aliphatic rings. The maximum atomic E-state index is 12.7. The fraction of sp³-hybridized carbons (Fsp3) is 0.857. The highest BCUT2D eigenvalue weighted by molar-refractivity contribution is 5.89. The van der Waals surface area contributed by atoms with Crippen LogP contribution in [0.25, 0.3) is 0 Å². The summed E-state index contributed by atoms with van der Waals surface area (Å²) in [5.41, 5.74) is -1.51. The van der Waals surface area contributed by atoms with Crippen molar-refractivity contribution in [2.45, 2.75) is 65.3 Å². The van der Waals surface area contributed by atoms with Gasteiger partial charge in [-0.05, 0) is 33.6 Å². The van der Waals surface area contributed by atoms with Gasteiger partial charge in [0.1, 0.15) is 5.54 Å². The molecule has 4 nitrogen and oxygen atoms in total. The van der Waals surface area contributed by atoms with Gasteiger partial charge in [-0.3, -0.25) is 4.79 Å². The fourth-order valence-corrected chi connectivity index (χ4v) is 2.78. The average Bonchev–Trinajstić information content (AvgIpc) is 2.30. The first-order valence-electron chi connectivity index (χ1n) is 6.81. The molecule has 104 valence electrons. The van der Waals surface area contributed by atoms with Crippen LogP contribution in [0.15, 0.2) is 0 Å². The maximum absolute atomic E-state index is 12.7. The molecule has 0 spiro atoms. The SMILES string of the molecule is CCN(C(=O)C1(C)CCCCC1)C(C)(C)C(=O)O. The zero-order chi connectivity index (χ0) is 14.0. The van der Waals surface area contributed by atoms with Gasteiger partial charge in [-0.2, -0.15) is 0 Å². The summed E-state index contributed by atoms with van der Waals surface area (Å²) in [5, 5.41) is 9.28. The van der Waals surface area contributed by atoms with Crippen molar-refractivity contribution < 1.29 is 14.7 Å². The van der Waals surface area contributed by atoms with Crippen LogP contribution in [0.4, 0.5) is 0 Å². The van der Waals surface area contributed by atoms with Crippen LogP contribution in [0.5, 0.6) is 0 Å². The van der Waals surface area contributed by atoms with Crippen LogP contribution in [-0.2, 0) is 9.59 Å². The number of rotatable bonds is 4. The number of carboxylic acids is 1. The number of nitrogens with zero attached hydrogens (tertiary/aromatic N) is 1. The number of carbonyl (C=O) groups is 2. The van der Waals surface area contributed by atoms with Gasteiger partial charge < -0.3 is 10.0 Å². The number of amides is 1. The van der Waals surface area contributed by atoms with Crippen molar-refractivity contribution in [3.05, 3.63) is 0 Å². The number of hydrogen-bond donors (Lipinski definition) is 1. The molecule has 1 saturated carbocycles. The summed E-state index contributed by atoms with van der Waals surface area (Å²) in [4.78, 5) is 25.5. The molecule has 0 saturated heterocycles. The number of likely N-dealkylation sites (N-methyl/N-ethyl adjacent to an activating group) is 1. The second-order valence-electron chi connectivity index (χ2n) is 6.03. The molecular formula is C14H25NO3. The Balaban J connectivity index is 2.95. The molecule has 0 radical (unpaired) electrons. The maximum Gasteiger partial charge on any atom is 0.329 e. The van der Waals surface area contributed by atoms with Gasteiger partial charge in [0, 0.05) is 12.0 Å². The van der Waals surface area contributed by atoms with E-state index in [0.29, 0.717) is 6.54 Å². The summed E-state index contributed by atoms with van der Waals surface area (Å²) in [6.07, 6.45) is 5.05. The van der Waals surface area contributed by atoms with E-state index in [2.05, 4.69) is 0 Å². The Labute approximate surface area is 109 Å². The van der Waals surface area contributed by atoms with Crippen molar-refractivity contribution in [3.8, 4) is 0 Å². The first-order valence-corrected chi connectivity index (χ1v) is 6.81. The smallest absolute Gasteiger partial charge is 0.329 e. The van der Waals surface area contributed by atoms with Gasteiger partial charge in [0.15, 0.2) is 0 Å². The van der Waals surface area contributed by atoms with Crippen molar-refractivity contribution in [1.29, 1.82) is 0 Å². The molecule has 1 aliphatic carbocycles. The molecule has 4 heteroatoms. The van der Waals surface area contributed by atoms with Gasteiger partial charge in [-0.25, -0.2) is 4.79 Å². The van der Waals surface area contributed by atoms with Gasteiger partial charge in [-0.15, -0.1) is 0 Å². The Kier molecular flexibility index (Phi) is 4.41. The molecule has 1 rings (SSSR count). The van der Waals surface area contributed by atoms with Crippen LogP contribution < -0.4 is 0 Å². The topological polar surface area (TPSA) is 57.6 Å². The minimum atomic E-state index is -1.13. The molecule has 1 fully saturated rings. The van der Waals surface area contributed by atoms with Crippen LogP contribution >= 0.6 is 0 Å². The average molecular weight is 255 g/mol. The van der Waals surface area contributed by atoms with Crippen LogP contribution in [0.3, 0.4) is 0 Å². The Hall–Kier alpha value is -1.06. The molecule has 0 bridgehead atoms. The molecule has 1 amide bonds. The van der Waals surface area contributed by atoms with E-state index >= 15 is 0 Å². The molecule has 18 heavy (non-hydrogen) atoms. The van der Waals surface area contributed by atoms with Crippen LogP contribution in [0.1, 0.15) is 59.8 Å². The molecule has 1 N–H and O–H groups in total. The summed E-state index contributed by atoms with van der Waals surface area (Å²) in [7, 11) is 0. The Morgan fingerprint density at radius 2 is 1.72 bits per heavy atom. The van der Waals surface area contributed by atoms with E-state index in [-0.39, 0.29) is 11.3 Å². The summed E-state index contributed by atoms with van der Waals surface area (Å²) in [5.74, 6) is -0.950.